The summed E-state index contributed by atoms with van der Waals surface area (Å²) in [5.41, 5.74) is 6.12. The van der Waals surface area contributed by atoms with Crippen LogP contribution in [0.4, 0.5) is 0 Å². The van der Waals surface area contributed by atoms with Gasteiger partial charge in [-0.1, -0.05) is 18.2 Å². The number of nitrogens with one attached hydrogen (secondary N) is 3. The van der Waals surface area contributed by atoms with Gasteiger partial charge in [0.2, 0.25) is 17.7 Å². The number of ether oxygens (including phenoxy) is 1. The third-order valence-electron chi connectivity index (χ3n) is 5.51. The standard InChI is InChI=1S/C24H31N5O4S2/c1-24(2)21(23(32)28-12-18-11-16(14-34-18)22(25)26)29(15-35-24)20(31)13-27-19(30)9-6-10-33-17-7-4-3-5-8-17/h3-5,7-8,11,14,21H,6,9-10,12-13,15H2,1-2H3,(H3,25,26)(H,27,30)(H,28,32). The fourth-order valence-corrected chi connectivity index (χ4v) is 5.61. The molecular formula is C24H31N5O4S2. The van der Waals surface area contributed by atoms with Crippen molar-refractivity contribution in [1.82, 2.24) is 15.5 Å². The number of thiophene rings is 1. The Kier molecular flexibility index (Phi) is 9.16. The second kappa shape index (κ2) is 12.1. The Labute approximate surface area is 213 Å². The third kappa shape index (κ3) is 7.46. The van der Waals surface area contributed by atoms with E-state index in [9.17, 15) is 14.4 Å². The summed E-state index contributed by atoms with van der Waals surface area (Å²) in [7, 11) is 0. The lowest BCUT2D eigenvalue weighted by molar-refractivity contribution is -0.139. The highest BCUT2D eigenvalue weighted by Crippen LogP contribution is 2.39. The van der Waals surface area contributed by atoms with Crippen molar-refractivity contribution in [2.75, 3.05) is 19.0 Å². The molecule has 1 aromatic heterocycles. The van der Waals surface area contributed by atoms with Gasteiger partial charge in [0, 0.05) is 27.0 Å². The summed E-state index contributed by atoms with van der Waals surface area (Å²) >= 11 is 2.93. The predicted octanol–water partition coefficient (Wildman–Crippen LogP) is 2.30. The van der Waals surface area contributed by atoms with Crippen molar-refractivity contribution in [2.45, 2.75) is 44.0 Å². The number of carbonyl (C=O) groups excluding carboxylic acids is 3. The Bertz CT molecular complexity index is 1060. The fourth-order valence-electron chi connectivity index (χ4n) is 3.63. The summed E-state index contributed by atoms with van der Waals surface area (Å²) in [5, 5.41) is 14.8. The molecule has 0 saturated carbocycles. The van der Waals surface area contributed by atoms with Gasteiger partial charge in [0.25, 0.3) is 0 Å². The molecule has 2 aromatic rings. The summed E-state index contributed by atoms with van der Waals surface area (Å²) < 4.78 is 5.10. The minimum absolute atomic E-state index is 0.0188. The molecule has 11 heteroatoms. The molecule has 1 aliphatic rings. The molecule has 188 valence electrons. The molecule has 1 aliphatic heterocycles. The largest absolute Gasteiger partial charge is 0.494 e. The predicted molar refractivity (Wildman–Crippen MR) is 139 cm³/mol. The summed E-state index contributed by atoms with van der Waals surface area (Å²) in [6.07, 6.45) is 0.772. The van der Waals surface area contributed by atoms with E-state index in [0.29, 0.717) is 24.5 Å². The Morgan fingerprint density at radius 2 is 1.97 bits per heavy atom. The van der Waals surface area contributed by atoms with E-state index < -0.39 is 10.8 Å². The number of nitrogens with two attached hydrogens (primary N) is 1. The van der Waals surface area contributed by atoms with Gasteiger partial charge in [-0.3, -0.25) is 19.8 Å². The minimum atomic E-state index is -0.664. The van der Waals surface area contributed by atoms with Gasteiger partial charge >= 0.3 is 0 Å². The molecule has 3 rings (SSSR count). The monoisotopic (exact) mass is 517 g/mol. The average molecular weight is 518 g/mol. The van der Waals surface area contributed by atoms with Gasteiger partial charge in [-0.15, -0.1) is 23.1 Å². The van der Waals surface area contributed by atoms with E-state index in [1.165, 1.54) is 28.0 Å². The van der Waals surface area contributed by atoms with E-state index in [1.54, 1.807) is 11.4 Å². The van der Waals surface area contributed by atoms with E-state index in [4.69, 9.17) is 15.9 Å². The van der Waals surface area contributed by atoms with Gasteiger partial charge in [0.15, 0.2) is 0 Å². The van der Waals surface area contributed by atoms with Crippen molar-refractivity contribution in [3.8, 4) is 5.75 Å². The number of carbonyl (C=O) groups is 3. The first-order chi connectivity index (χ1) is 16.7. The van der Waals surface area contributed by atoms with E-state index in [2.05, 4.69) is 10.6 Å². The van der Waals surface area contributed by atoms with Gasteiger partial charge in [0.05, 0.1) is 25.6 Å². The molecule has 0 bridgehead atoms. The number of thioether (sulfide) groups is 1. The van der Waals surface area contributed by atoms with Crippen LogP contribution in [-0.2, 0) is 20.9 Å². The van der Waals surface area contributed by atoms with Crippen LogP contribution in [-0.4, -0.2) is 58.3 Å². The molecule has 1 unspecified atom stereocenters. The number of nitrogen functional groups attached to an aromatic ring is 1. The normalized spacial score (nSPS) is 16.5. The van der Waals surface area contributed by atoms with Crippen LogP contribution >= 0.6 is 23.1 Å². The molecule has 5 N–H and O–H groups in total. The molecule has 1 atom stereocenters. The van der Waals surface area contributed by atoms with Crippen LogP contribution in [0.25, 0.3) is 0 Å². The highest BCUT2D eigenvalue weighted by atomic mass is 32.2. The van der Waals surface area contributed by atoms with E-state index in [-0.39, 0.29) is 43.1 Å². The zero-order valence-corrected chi connectivity index (χ0v) is 21.5. The Morgan fingerprint density at radius 1 is 1.23 bits per heavy atom. The van der Waals surface area contributed by atoms with E-state index in [1.807, 2.05) is 44.2 Å². The number of benzene rings is 1. The second-order valence-corrected chi connectivity index (χ2v) is 11.2. The van der Waals surface area contributed by atoms with Crippen LogP contribution < -0.4 is 21.1 Å². The van der Waals surface area contributed by atoms with Crippen molar-refractivity contribution in [2.24, 2.45) is 5.73 Å². The first-order valence-corrected chi connectivity index (χ1v) is 13.1. The molecule has 0 aliphatic carbocycles. The molecular weight excluding hydrogens is 486 g/mol. The number of amides is 3. The van der Waals surface area contributed by atoms with Crippen molar-refractivity contribution in [3.05, 3.63) is 52.2 Å². The third-order valence-corrected chi connectivity index (χ3v) is 7.82. The molecule has 1 fully saturated rings. The highest BCUT2D eigenvalue weighted by molar-refractivity contribution is 8.00. The van der Waals surface area contributed by atoms with Gasteiger partial charge in [0.1, 0.15) is 17.6 Å². The summed E-state index contributed by atoms with van der Waals surface area (Å²) in [5.74, 6) is 0.316. The summed E-state index contributed by atoms with van der Waals surface area (Å²) in [6, 6.07) is 10.5. The smallest absolute Gasteiger partial charge is 0.244 e. The maximum absolute atomic E-state index is 13.0. The number of amidine groups is 1. The maximum Gasteiger partial charge on any atom is 0.244 e. The SMILES string of the molecule is CC1(C)SCN(C(=O)CNC(=O)CCCOc2ccccc2)C1C(=O)NCc1cc(C(=N)N)cs1. The van der Waals surface area contributed by atoms with Crippen LogP contribution in [0.15, 0.2) is 41.8 Å². The number of hydrogen-bond acceptors (Lipinski definition) is 7. The van der Waals surface area contributed by atoms with Crippen LogP contribution in [0.5, 0.6) is 5.75 Å². The number of nitrogens with zero attached hydrogens (tertiary/aromatic N) is 1. The van der Waals surface area contributed by atoms with E-state index in [0.717, 1.165) is 10.6 Å². The molecule has 1 saturated heterocycles. The molecule has 2 heterocycles. The molecule has 0 spiro atoms. The number of para-hydroxylation sites is 1. The van der Waals surface area contributed by atoms with Crippen LogP contribution in [0.3, 0.4) is 0 Å². The summed E-state index contributed by atoms with van der Waals surface area (Å²) in [4.78, 5) is 40.5. The topological polar surface area (TPSA) is 138 Å². The Morgan fingerprint density at radius 3 is 2.66 bits per heavy atom. The Balaban J connectivity index is 1.45. The minimum Gasteiger partial charge on any atom is -0.494 e. The first kappa shape index (κ1) is 26.6. The number of hydrogen-bond donors (Lipinski definition) is 4. The quantitative estimate of drug-likeness (QED) is 0.205. The molecule has 1 aromatic carbocycles. The zero-order chi connectivity index (χ0) is 25.4. The van der Waals surface area contributed by atoms with Gasteiger partial charge < -0.3 is 26.0 Å². The molecule has 3 amide bonds. The van der Waals surface area contributed by atoms with Crippen LogP contribution in [0, 0.1) is 5.41 Å². The highest BCUT2D eigenvalue weighted by Gasteiger charge is 2.47. The van der Waals surface area contributed by atoms with Crippen LogP contribution in [0.1, 0.15) is 37.1 Å². The zero-order valence-electron chi connectivity index (χ0n) is 19.8. The van der Waals surface area contributed by atoms with Crippen LogP contribution in [0.2, 0.25) is 0 Å². The molecule has 0 radical (unpaired) electrons. The Hall–Kier alpha value is -3.05. The van der Waals surface area contributed by atoms with Gasteiger partial charge in [-0.05, 0) is 38.5 Å². The van der Waals surface area contributed by atoms with Gasteiger partial charge in [-0.2, -0.15) is 0 Å². The lowest BCUT2D eigenvalue weighted by atomic mass is 10.0. The molecule has 9 nitrogen and oxygen atoms in total. The summed E-state index contributed by atoms with van der Waals surface area (Å²) in [6.45, 7) is 4.39. The van der Waals surface area contributed by atoms with Crippen molar-refractivity contribution < 1.29 is 19.1 Å². The maximum atomic E-state index is 13.0. The fraction of sp³-hybridized carbons (Fsp3) is 0.417. The second-order valence-electron chi connectivity index (χ2n) is 8.62. The van der Waals surface area contributed by atoms with E-state index >= 15 is 0 Å². The average Bonchev–Trinajstić information content (AvgIpc) is 3.43. The first-order valence-electron chi connectivity index (χ1n) is 11.2. The molecule has 35 heavy (non-hydrogen) atoms. The lowest BCUT2D eigenvalue weighted by Gasteiger charge is -2.30. The lowest BCUT2D eigenvalue weighted by Crippen LogP contribution is -2.54. The van der Waals surface area contributed by atoms with Crippen molar-refractivity contribution in [3.63, 3.8) is 0 Å². The van der Waals surface area contributed by atoms with Crippen molar-refractivity contribution >= 4 is 46.7 Å². The van der Waals surface area contributed by atoms with Gasteiger partial charge in [-0.25, -0.2) is 0 Å². The number of rotatable bonds is 11. The van der Waals surface area contributed by atoms with Crippen molar-refractivity contribution in [1.29, 1.82) is 5.41 Å².